The van der Waals surface area contributed by atoms with Gasteiger partial charge in [0.2, 0.25) is 0 Å². The fourth-order valence-electron chi connectivity index (χ4n) is 1.37. The number of rotatable bonds is 4. The van der Waals surface area contributed by atoms with E-state index < -0.39 is 0 Å². The molecule has 1 heterocycles. The first-order valence-corrected chi connectivity index (χ1v) is 4.97. The van der Waals surface area contributed by atoms with Crippen LogP contribution < -0.4 is 0 Å². The van der Waals surface area contributed by atoms with Crippen molar-refractivity contribution in [2.75, 3.05) is 13.1 Å². The number of carbonyl (C=O) groups is 1. The van der Waals surface area contributed by atoms with E-state index in [9.17, 15) is 4.79 Å². The van der Waals surface area contributed by atoms with Gasteiger partial charge in [-0.25, -0.2) is 0 Å². The lowest BCUT2D eigenvalue weighted by atomic mass is 10.2. The third-order valence-electron chi connectivity index (χ3n) is 2.12. The Morgan fingerprint density at radius 1 is 1.67 bits per heavy atom. The first-order valence-electron chi connectivity index (χ1n) is 4.97. The molecule has 0 saturated carbocycles. The van der Waals surface area contributed by atoms with Gasteiger partial charge in [-0.3, -0.25) is 4.79 Å². The van der Waals surface area contributed by atoms with Crippen LogP contribution in [-0.4, -0.2) is 23.9 Å². The van der Waals surface area contributed by atoms with Gasteiger partial charge in [0.15, 0.2) is 5.76 Å². The molecule has 15 heavy (non-hydrogen) atoms. The molecule has 0 aliphatic rings. The second kappa shape index (κ2) is 5.26. The Labute approximate surface area is 90.1 Å². The number of nitrogens with zero attached hydrogens (tertiary/aromatic N) is 1. The minimum atomic E-state index is -0.127. The topological polar surface area (TPSA) is 33.5 Å². The summed E-state index contributed by atoms with van der Waals surface area (Å²) < 4.78 is 5.14. The molecule has 1 amide bonds. The SMILES string of the molecule is C#CCN(CCC)C(=O)c1occc1C. The van der Waals surface area contributed by atoms with Crippen molar-refractivity contribution in [3.05, 3.63) is 23.7 Å². The Hall–Kier alpha value is -1.69. The van der Waals surface area contributed by atoms with Crippen LogP contribution in [0.2, 0.25) is 0 Å². The lowest BCUT2D eigenvalue weighted by Gasteiger charge is -2.18. The maximum atomic E-state index is 11.9. The zero-order chi connectivity index (χ0) is 11.3. The van der Waals surface area contributed by atoms with Gasteiger partial charge in [-0.05, 0) is 19.4 Å². The van der Waals surface area contributed by atoms with E-state index in [1.54, 1.807) is 11.0 Å². The van der Waals surface area contributed by atoms with Crippen LogP contribution in [0.3, 0.4) is 0 Å². The summed E-state index contributed by atoms with van der Waals surface area (Å²) >= 11 is 0. The van der Waals surface area contributed by atoms with E-state index in [-0.39, 0.29) is 5.91 Å². The summed E-state index contributed by atoms with van der Waals surface area (Å²) in [5.41, 5.74) is 0.845. The zero-order valence-electron chi connectivity index (χ0n) is 9.12. The Morgan fingerprint density at radius 2 is 2.40 bits per heavy atom. The van der Waals surface area contributed by atoms with Crippen molar-refractivity contribution in [3.8, 4) is 12.3 Å². The molecule has 0 aliphatic heterocycles. The molecule has 0 saturated heterocycles. The van der Waals surface area contributed by atoms with E-state index in [2.05, 4.69) is 5.92 Å². The second-order valence-corrected chi connectivity index (χ2v) is 3.36. The van der Waals surface area contributed by atoms with Gasteiger partial charge in [-0.1, -0.05) is 12.8 Å². The van der Waals surface area contributed by atoms with Crippen LogP contribution in [0.5, 0.6) is 0 Å². The predicted molar refractivity (Wildman–Crippen MR) is 58.5 cm³/mol. The molecule has 0 atom stereocenters. The molecule has 0 unspecified atom stereocenters. The molecule has 0 fully saturated rings. The monoisotopic (exact) mass is 205 g/mol. The zero-order valence-corrected chi connectivity index (χ0v) is 9.12. The third kappa shape index (κ3) is 2.63. The number of furan rings is 1. The molecule has 1 rings (SSSR count). The van der Waals surface area contributed by atoms with E-state index in [0.717, 1.165) is 12.0 Å². The summed E-state index contributed by atoms with van der Waals surface area (Å²) in [6.45, 7) is 4.83. The maximum Gasteiger partial charge on any atom is 0.290 e. The Morgan fingerprint density at radius 3 is 2.87 bits per heavy atom. The maximum absolute atomic E-state index is 11.9. The summed E-state index contributed by atoms with van der Waals surface area (Å²) in [5, 5.41) is 0. The Balaban J connectivity index is 2.81. The summed E-state index contributed by atoms with van der Waals surface area (Å²) in [4.78, 5) is 13.6. The molecule has 0 aromatic carbocycles. The van der Waals surface area contributed by atoms with Crippen LogP contribution >= 0.6 is 0 Å². The van der Waals surface area contributed by atoms with Crippen LogP contribution in [-0.2, 0) is 0 Å². The number of terminal acetylenes is 1. The van der Waals surface area contributed by atoms with Gasteiger partial charge in [0.25, 0.3) is 5.91 Å². The first-order chi connectivity index (χ1) is 7.20. The van der Waals surface area contributed by atoms with Gasteiger partial charge in [-0.15, -0.1) is 6.42 Å². The molecular formula is C12H15NO2. The minimum Gasteiger partial charge on any atom is -0.459 e. The van der Waals surface area contributed by atoms with Crippen LogP contribution in [0, 0.1) is 19.3 Å². The van der Waals surface area contributed by atoms with E-state index in [0.29, 0.717) is 18.8 Å². The van der Waals surface area contributed by atoms with Gasteiger partial charge < -0.3 is 9.32 Å². The van der Waals surface area contributed by atoms with Crippen LogP contribution in [0.15, 0.2) is 16.7 Å². The summed E-state index contributed by atoms with van der Waals surface area (Å²) in [6, 6.07) is 1.77. The number of hydrogen-bond donors (Lipinski definition) is 0. The van der Waals surface area contributed by atoms with E-state index in [1.165, 1.54) is 6.26 Å². The smallest absolute Gasteiger partial charge is 0.290 e. The van der Waals surface area contributed by atoms with Gasteiger partial charge in [0.05, 0.1) is 12.8 Å². The highest BCUT2D eigenvalue weighted by Crippen LogP contribution is 2.12. The summed E-state index contributed by atoms with van der Waals surface area (Å²) in [5.74, 6) is 2.74. The van der Waals surface area contributed by atoms with Crippen molar-refractivity contribution in [3.63, 3.8) is 0 Å². The molecular weight excluding hydrogens is 190 g/mol. The highest BCUT2D eigenvalue weighted by Gasteiger charge is 2.18. The number of hydrogen-bond acceptors (Lipinski definition) is 2. The van der Waals surface area contributed by atoms with Gasteiger partial charge in [0.1, 0.15) is 0 Å². The minimum absolute atomic E-state index is 0.127. The van der Waals surface area contributed by atoms with E-state index in [1.807, 2.05) is 13.8 Å². The quantitative estimate of drug-likeness (QED) is 0.705. The average Bonchev–Trinajstić information content (AvgIpc) is 2.63. The molecule has 1 aromatic rings. The number of carbonyl (C=O) groups excluding carboxylic acids is 1. The molecule has 0 bridgehead atoms. The first kappa shape index (κ1) is 11.4. The fourth-order valence-corrected chi connectivity index (χ4v) is 1.37. The van der Waals surface area contributed by atoms with Crippen molar-refractivity contribution < 1.29 is 9.21 Å². The largest absolute Gasteiger partial charge is 0.459 e. The van der Waals surface area contributed by atoms with Crippen molar-refractivity contribution in [2.45, 2.75) is 20.3 Å². The van der Waals surface area contributed by atoms with Gasteiger partial charge in [0, 0.05) is 12.1 Å². The highest BCUT2D eigenvalue weighted by molar-refractivity contribution is 5.93. The predicted octanol–water partition coefficient (Wildman–Crippen LogP) is 2.07. The van der Waals surface area contributed by atoms with Crippen molar-refractivity contribution in [1.29, 1.82) is 0 Å². The summed E-state index contributed by atoms with van der Waals surface area (Å²) in [7, 11) is 0. The lowest BCUT2D eigenvalue weighted by molar-refractivity contribution is 0.0744. The fraction of sp³-hybridized carbons (Fsp3) is 0.417. The Bertz CT molecular complexity index is 373. The van der Waals surface area contributed by atoms with Crippen LogP contribution in [0.25, 0.3) is 0 Å². The molecule has 3 heteroatoms. The van der Waals surface area contributed by atoms with Crippen molar-refractivity contribution in [2.24, 2.45) is 0 Å². The average molecular weight is 205 g/mol. The van der Waals surface area contributed by atoms with Crippen molar-refractivity contribution in [1.82, 2.24) is 4.90 Å². The van der Waals surface area contributed by atoms with E-state index in [4.69, 9.17) is 10.8 Å². The molecule has 0 N–H and O–H groups in total. The summed E-state index contributed by atoms with van der Waals surface area (Å²) in [6.07, 6.45) is 7.61. The molecule has 0 spiro atoms. The molecule has 3 nitrogen and oxygen atoms in total. The van der Waals surface area contributed by atoms with Gasteiger partial charge in [-0.2, -0.15) is 0 Å². The van der Waals surface area contributed by atoms with Gasteiger partial charge >= 0.3 is 0 Å². The standard InChI is InChI=1S/C12H15NO2/c1-4-7-13(8-5-2)12(14)11-10(3)6-9-15-11/h1,6,9H,5,7-8H2,2-3H3. The third-order valence-corrected chi connectivity index (χ3v) is 2.12. The lowest BCUT2D eigenvalue weighted by Crippen LogP contribution is -2.32. The Kier molecular flexibility index (Phi) is 3.99. The normalized spacial score (nSPS) is 9.67. The molecule has 0 aliphatic carbocycles. The highest BCUT2D eigenvalue weighted by atomic mass is 16.3. The number of aryl methyl sites for hydroxylation is 1. The molecule has 0 radical (unpaired) electrons. The van der Waals surface area contributed by atoms with Crippen molar-refractivity contribution >= 4 is 5.91 Å². The molecule has 1 aromatic heterocycles. The van der Waals surface area contributed by atoms with Crippen LogP contribution in [0.1, 0.15) is 29.5 Å². The number of amides is 1. The second-order valence-electron chi connectivity index (χ2n) is 3.36. The van der Waals surface area contributed by atoms with E-state index >= 15 is 0 Å². The van der Waals surface area contributed by atoms with Crippen LogP contribution in [0.4, 0.5) is 0 Å². The molecule has 80 valence electrons.